The van der Waals surface area contributed by atoms with E-state index >= 15 is 0 Å². The van der Waals surface area contributed by atoms with Crippen LogP contribution in [-0.2, 0) is 6.54 Å². The molecular formula is C22H35IN4O. The summed E-state index contributed by atoms with van der Waals surface area (Å²) in [7, 11) is 0. The number of hydrogen-bond acceptors (Lipinski definition) is 3. The van der Waals surface area contributed by atoms with Gasteiger partial charge in [0.2, 0.25) is 0 Å². The van der Waals surface area contributed by atoms with Gasteiger partial charge >= 0.3 is 0 Å². The van der Waals surface area contributed by atoms with E-state index in [0.29, 0.717) is 18.5 Å². The van der Waals surface area contributed by atoms with Crippen molar-refractivity contribution in [1.82, 2.24) is 15.5 Å². The van der Waals surface area contributed by atoms with Gasteiger partial charge in [0.1, 0.15) is 17.9 Å². The molecule has 2 N–H and O–H groups in total. The van der Waals surface area contributed by atoms with Crippen LogP contribution >= 0.6 is 24.0 Å². The molecule has 2 heterocycles. The van der Waals surface area contributed by atoms with Crippen molar-refractivity contribution >= 4 is 40.9 Å². The van der Waals surface area contributed by atoms with Gasteiger partial charge in [0.25, 0.3) is 0 Å². The molecule has 0 spiro atoms. The summed E-state index contributed by atoms with van der Waals surface area (Å²) in [5, 5.41) is 8.08. The highest BCUT2D eigenvalue weighted by atomic mass is 127. The van der Waals surface area contributed by atoms with Crippen LogP contribution in [0.5, 0.6) is 0 Å². The number of benzene rings is 1. The second kappa shape index (κ2) is 11.0. The number of nitrogens with zero attached hydrogens (tertiary/aromatic N) is 2. The summed E-state index contributed by atoms with van der Waals surface area (Å²) < 4.78 is 5.99. The number of aryl methyl sites for hydroxylation is 1. The Labute approximate surface area is 186 Å². The Morgan fingerprint density at radius 2 is 2.07 bits per heavy atom. The third-order valence-corrected chi connectivity index (χ3v) is 5.51. The first-order valence-electron chi connectivity index (χ1n) is 10.3. The first-order valence-corrected chi connectivity index (χ1v) is 10.3. The van der Waals surface area contributed by atoms with Crippen molar-refractivity contribution in [3.8, 4) is 0 Å². The van der Waals surface area contributed by atoms with Gasteiger partial charge in [-0.05, 0) is 59.1 Å². The number of para-hydroxylation sites is 1. The zero-order chi connectivity index (χ0) is 19.2. The molecule has 3 rings (SSSR count). The molecule has 0 aliphatic carbocycles. The highest BCUT2D eigenvalue weighted by Crippen LogP contribution is 2.25. The molecule has 1 aliphatic rings. The fraction of sp³-hybridized carbons (Fsp3) is 0.591. The molecule has 0 radical (unpaired) electrons. The van der Waals surface area contributed by atoms with Crippen molar-refractivity contribution in [3.05, 3.63) is 35.6 Å². The second-order valence-electron chi connectivity index (χ2n) is 7.82. The van der Waals surface area contributed by atoms with Crippen molar-refractivity contribution in [3.63, 3.8) is 0 Å². The molecule has 156 valence electrons. The first kappa shape index (κ1) is 23.0. The minimum absolute atomic E-state index is 0. The number of likely N-dealkylation sites (tertiary alicyclic amines) is 1. The van der Waals surface area contributed by atoms with Crippen LogP contribution in [0.1, 0.15) is 44.9 Å². The number of piperidine rings is 1. The SMILES string of the molecule is CCNC(=NCc1oc2ccccc2c1C)NCC1CCCN(C(C)C)C1.I. The van der Waals surface area contributed by atoms with E-state index in [-0.39, 0.29) is 24.0 Å². The normalized spacial score (nSPS) is 18.3. The van der Waals surface area contributed by atoms with Crippen LogP contribution in [0, 0.1) is 12.8 Å². The van der Waals surface area contributed by atoms with E-state index in [1.165, 1.54) is 36.9 Å². The molecule has 5 nitrogen and oxygen atoms in total. The second-order valence-corrected chi connectivity index (χ2v) is 7.82. The van der Waals surface area contributed by atoms with Gasteiger partial charge in [-0.15, -0.1) is 24.0 Å². The van der Waals surface area contributed by atoms with Crippen LogP contribution in [0.15, 0.2) is 33.7 Å². The molecule has 28 heavy (non-hydrogen) atoms. The molecule has 0 saturated carbocycles. The number of hydrogen-bond donors (Lipinski definition) is 2. The Kier molecular flexibility index (Phi) is 9.08. The summed E-state index contributed by atoms with van der Waals surface area (Å²) in [6.45, 7) is 13.6. The molecule has 6 heteroatoms. The predicted octanol–water partition coefficient (Wildman–Crippen LogP) is 4.53. The molecule has 1 aromatic carbocycles. The lowest BCUT2D eigenvalue weighted by molar-refractivity contribution is 0.141. The van der Waals surface area contributed by atoms with Gasteiger partial charge in [-0.2, -0.15) is 0 Å². The molecule has 1 saturated heterocycles. The number of halogens is 1. The minimum atomic E-state index is 0. The van der Waals surface area contributed by atoms with E-state index in [0.717, 1.165) is 30.4 Å². The fourth-order valence-electron chi connectivity index (χ4n) is 3.84. The van der Waals surface area contributed by atoms with Crippen molar-refractivity contribution in [2.24, 2.45) is 10.9 Å². The summed E-state index contributed by atoms with van der Waals surface area (Å²) >= 11 is 0. The maximum Gasteiger partial charge on any atom is 0.191 e. The van der Waals surface area contributed by atoms with E-state index in [4.69, 9.17) is 9.41 Å². The lowest BCUT2D eigenvalue weighted by atomic mass is 9.97. The highest BCUT2D eigenvalue weighted by Gasteiger charge is 2.21. The quantitative estimate of drug-likeness (QED) is 0.349. The summed E-state index contributed by atoms with van der Waals surface area (Å²) in [4.78, 5) is 7.35. The van der Waals surface area contributed by atoms with Crippen LogP contribution < -0.4 is 10.6 Å². The van der Waals surface area contributed by atoms with Gasteiger partial charge in [0.05, 0.1) is 0 Å². The Morgan fingerprint density at radius 1 is 1.29 bits per heavy atom. The summed E-state index contributed by atoms with van der Waals surface area (Å²) in [6.07, 6.45) is 2.58. The van der Waals surface area contributed by atoms with Crippen molar-refractivity contribution in [2.75, 3.05) is 26.2 Å². The molecule has 1 aliphatic heterocycles. The Morgan fingerprint density at radius 3 is 2.79 bits per heavy atom. The van der Waals surface area contributed by atoms with Crippen LogP contribution in [-0.4, -0.2) is 43.1 Å². The Hall–Kier alpha value is -1.28. The molecule has 0 amide bonds. The molecule has 1 unspecified atom stereocenters. The van der Waals surface area contributed by atoms with Crippen molar-refractivity contribution in [2.45, 2.75) is 53.1 Å². The van der Waals surface area contributed by atoms with Gasteiger partial charge in [-0.1, -0.05) is 18.2 Å². The molecule has 1 aromatic heterocycles. The molecule has 0 bridgehead atoms. The first-order chi connectivity index (χ1) is 13.1. The van der Waals surface area contributed by atoms with Crippen LogP contribution in [0.2, 0.25) is 0 Å². The minimum Gasteiger partial charge on any atom is -0.459 e. The van der Waals surface area contributed by atoms with Gasteiger partial charge in [-0.3, -0.25) is 0 Å². The number of fused-ring (bicyclic) bond motifs is 1. The molecule has 2 aromatic rings. The van der Waals surface area contributed by atoms with Crippen LogP contribution in [0.4, 0.5) is 0 Å². The van der Waals surface area contributed by atoms with E-state index in [1.54, 1.807) is 0 Å². The number of furan rings is 1. The lowest BCUT2D eigenvalue weighted by Gasteiger charge is -2.35. The Bertz CT molecular complexity index is 771. The average Bonchev–Trinajstić information content (AvgIpc) is 3.00. The smallest absolute Gasteiger partial charge is 0.191 e. The molecular weight excluding hydrogens is 463 g/mol. The number of aliphatic imine (C=N–C) groups is 1. The fourth-order valence-corrected chi connectivity index (χ4v) is 3.84. The monoisotopic (exact) mass is 498 g/mol. The predicted molar refractivity (Wildman–Crippen MR) is 129 cm³/mol. The van der Waals surface area contributed by atoms with E-state index < -0.39 is 0 Å². The van der Waals surface area contributed by atoms with Crippen molar-refractivity contribution in [1.29, 1.82) is 0 Å². The molecule has 1 atom stereocenters. The summed E-state index contributed by atoms with van der Waals surface area (Å²) in [5.74, 6) is 2.49. The van der Waals surface area contributed by atoms with Crippen LogP contribution in [0.25, 0.3) is 11.0 Å². The summed E-state index contributed by atoms with van der Waals surface area (Å²) in [5.41, 5.74) is 2.12. The maximum atomic E-state index is 5.99. The van der Waals surface area contributed by atoms with Gasteiger partial charge in [0, 0.05) is 36.6 Å². The van der Waals surface area contributed by atoms with E-state index in [2.05, 4.69) is 49.3 Å². The average molecular weight is 498 g/mol. The van der Waals surface area contributed by atoms with E-state index in [1.807, 2.05) is 18.2 Å². The zero-order valence-electron chi connectivity index (χ0n) is 17.6. The lowest BCUT2D eigenvalue weighted by Crippen LogP contribution is -2.46. The highest BCUT2D eigenvalue weighted by molar-refractivity contribution is 14.0. The largest absolute Gasteiger partial charge is 0.459 e. The standard InChI is InChI=1S/C22H34N4O.HI/c1-5-23-22(24-13-18-9-8-12-26(15-18)16(2)3)25-14-21-17(4)19-10-6-7-11-20(19)27-21;/h6-7,10-11,16,18H,5,8-9,12-15H2,1-4H3,(H2,23,24,25);1H. The van der Waals surface area contributed by atoms with Crippen molar-refractivity contribution < 1.29 is 4.42 Å². The summed E-state index contributed by atoms with van der Waals surface area (Å²) in [6, 6.07) is 8.81. The number of rotatable bonds is 6. The van der Waals surface area contributed by atoms with Gasteiger partial charge in [-0.25, -0.2) is 4.99 Å². The number of nitrogens with one attached hydrogen (secondary N) is 2. The third kappa shape index (κ3) is 5.86. The zero-order valence-corrected chi connectivity index (χ0v) is 20.0. The molecule has 1 fully saturated rings. The number of guanidine groups is 1. The van der Waals surface area contributed by atoms with Gasteiger partial charge in [0.15, 0.2) is 5.96 Å². The van der Waals surface area contributed by atoms with Gasteiger partial charge < -0.3 is 20.0 Å². The Balaban J connectivity index is 0.00000280. The third-order valence-electron chi connectivity index (χ3n) is 5.51. The van der Waals surface area contributed by atoms with Crippen LogP contribution in [0.3, 0.4) is 0 Å². The maximum absolute atomic E-state index is 5.99. The topological polar surface area (TPSA) is 52.8 Å². The van der Waals surface area contributed by atoms with E-state index in [9.17, 15) is 0 Å².